The number of anilines is 1. The molecule has 3 heterocycles. The molecule has 32 heavy (non-hydrogen) atoms. The lowest BCUT2D eigenvalue weighted by atomic mass is 10.0. The number of thiazole rings is 1. The Kier molecular flexibility index (Phi) is 7.45. The van der Waals surface area contributed by atoms with Crippen LogP contribution in [0.1, 0.15) is 46.0 Å². The number of pyridine rings is 1. The summed E-state index contributed by atoms with van der Waals surface area (Å²) in [7, 11) is 0. The van der Waals surface area contributed by atoms with Crippen LogP contribution in [-0.4, -0.2) is 30.9 Å². The van der Waals surface area contributed by atoms with Crippen LogP contribution < -0.4 is 10.7 Å². The predicted octanol–water partition coefficient (Wildman–Crippen LogP) is 4.54. The molecule has 166 valence electrons. The van der Waals surface area contributed by atoms with Crippen LogP contribution in [0.15, 0.2) is 47.7 Å². The summed E-state index contributed by atoms with van der Waals surface area (Å²) in [6.07, 6.45) is 5.35. The van der Waals surface area contributed by atoms with Crippen molar-refractivity contribution in [2.45, 2.75) is 40.2 Å². The first-order valence-corrected chi connectivity index (χ1v) is 11.1. The van der Waals surface area contributed by atoms with Crippen molar-refractivity contribution < 1.29 is 9.90 Å². The lowest BCUT2D eigenvalue weighted by molar-refractivity contribution is -0.114. The topological polar surface area (TPSA) is 121 Å². The molecule has 0 bridgehead atoms. The normalized spacial score (nSPS) is 11.5. The summed E-state index contributed by atoms with van der Waals surface area (Å²) in [6, 6.07) is 6.76. The molecule has 9 heteroatoms. The van der Waals surface area contributed by atoms with Gasteiger partial charge in [0.1, 0.15) is 6.10 Å². The molecule has 3 N–H and O–H groups in total. The number of rotatable bonds is 4. The summed E-state index contributed by atoms with van der Waals surface area (Å²) in [4.78, 5) is 39.3. The Labute approximate surface area is 189 Å². The largest absolute Gasteiger partial charge is 0.385 e. The molecule has 4 rings (SSSR count). The first-order chi connectivity index (χ1) is 15.3. The number of nitrogens with zero attached hydrogens (tertiary/aromatic N) is 3. The van der Waals surface area contributed by atoms with Gasteiger partial charge in [-0.2, -0.15) is 0 Å². The number of amides is 1. The van der Waals surface area contributed by atoms with Gasteiger partial charge in [0.2, 0.25) is 5.91 Å². The first-order valence-electron chi connectivity index (χ1n) is 10.2. The van der Waals surface area contributed by atoms with Gasteiger partial charge < -0.3 is 15.4 Å². The van der Waals surface area contributed by atoms with Gasteiger partial charge in [0.15, 0.2) is 16.4 Å². The molecule has 1 amide bonds. The van der Waals surface area contributed by atoms with Gasteiger partial charge in [0, 0.05) is 48.8 Å². The second kappa shape index (κ2) is 10.3. The smallest absolute Gasteiger partial charge is 0.223 e. The van der Waals surface area contributed by atoms with Crippen molar-refractivity contribution in [2.24, 2.45) is 0 Å². The monoisotopic (exact) mass is 451 g/mol. The van der Waals surface area contributed by atoms with Gasteiger partial charge in [-0.25, -0.2) is 15.0 Å². The minimum atomic E-state index is -0.754. The average Bonchev–Trinajstić information content (AvgIpc) is 3.15. The maximum absolute atomic E-state index is 11.9. The van der Waals surface area contributed by atoms with Crippen LogP contribution in [0, 0.1) is 0 Å². The number of aliphatic hydroxyl groups excluding tert-OH is 1. The van der Waals surface area contributed by atoms with Crippen molar-refractivity contribution in [3.8, 4) is 22.4 Å². The number of fused-ring (bicyclic) bond motifs is 1. The second-order valence-electron chi connectivity index (χ2n) is 7.22. The van der Waals surface area contributed by atoms with Crippen LogP contribution in [0.4, 0.5) is 5.13 Å². The molecule has 4 aromatic rings. The van der Waals surface area contributed by atoms with E-state index in [1.54, 1.807) is 25.5 Å². The molecule has 0 aliphatic rings. The number of aromatic nitrogens is 4. The van der Waals surface area contributed by atoms with E-state index in [-0.39, 0.29) is 11.3 Å². The Bertz CT molecular complexity index is 1280. The highest BCUT2D eigenvalue weighted by Crippen LogP contribution is 2.37. The number of benzene rings is 1. The number of hydrogen-bond donors (Lipinski definition) is 3. The predicted molar refractivity (Wildman–Crippen MR) is 128 cm³/mol. The first kappa shape index (κ1) is 23.2. The van der Waals surface area contributed by atoms with E-state index in [1.807, 2.05) is 12.1 Å². The number of H-pyrrole nitrogens is 1. The van der Waals surface area contributed by atoms with E-state index in [2.05, 4.69) is 39.1 Å². The van der Waals surface area contributed by atoms with Crippen LogP contribution in [0.2, 0.25) is 0 Å². The molecule has 0 aliphatic heterocycles. The second-order valence-corrected chi connectivity index (χ2v) is 8.22. The molecule has 1 aromatic carbocycles. The fraction of sp³-hybridized carbons (Fsp3) is 0.261. The Morgan fingerprint density at radius 3 is 2.47 bits per heavy atom. The molecule has 1 unspecified atom stereocenters. The van der Waals surface area contributed by atoms with E-state index in [0.717, 1.165) is 21.4 Å². The maximum Gasteiger partial charge on any atom is 0.223 e. The zero-order valence-corrected chi connectivity index (χ0v) is 19.2. The molecule has 0 spiro atoms. The molecule has 0 radical (unpaired) electrons. The molecule has 1 atom stereocenters. The van der Waals surface area contributed by atoms with Gasteiger partial charge in [0.25, 0.3) is 0 Å². The Morgan fingerprint density at radius 2 is 1.88 bits per heavy atom. The SMILES string of the molecule is CC(=O)Nc1nc2cc(-c3cnc(C(C)O)nc3)cc(-c3cc(=O)cc[nH]3)c2s1.CCC. The van der Waals surface area contributed by atoms with Gasteiger partial charge in [-0.3, -0.25) is 9.59 Å². The summed E-state index contributed by atoms with van der Waals surface area (Å²) >= 11 is 1.33. The molecule has 3 aromatic heterocycles. The van der Waals surface area contributed by atoms with Crippen molar-refractivity contribution in [3.63, 3.8) is 0 Å². The van der Waals surface area contributed by atoms with Gasteiger partial charge in [-0.05, 0) is 24.6 Å². The summed E-state index contributed by atoms with van der Waals surface area (Å²) in [5.74, 6) is 0.130. The quantitative estimate of drug-likeness (QED) is 0.419. The number of carbonyl (C=O) groups is 1. The third kappa shape index (κ3) is 5.43. The minimum absolute atomic E-state index is 0.117. The standard InChI is InChI=1S/C20H17N5O3S.C3H8/c1-10(26)19-22-8-13(9-23-19)12-5-15(16-7-14(28)3-4-21-16)18-17(6-12)25-20(29-18)24-11(2)27;1-3-2/h3-10,26H,1-2H3,(H,21,28)(H,24,25,27);3H2,1-2H3. The Morgan fingerprint density at radius 1 is 1.19 bits per heavy atom. The highest BCUT2D eigenvalue weighted by atomic mass is 32.1. The maximum atomic E-state index is 11.9. The third-order valence-electron chi connectivity index (χ3n) is 4.22. The Hall–Kier alpha value is -3.43. The fourth-order valence-corrected chi connectivity index (χ4v) is 3.93. The Balaban J connectivity index is 0.000000913. The third-order valence-corrected chi connectivity index (χ3v) is 5.23. The van der Waals surface area contributed by atoms with Gasteiger partial charge in [-0.15, -0.1) is 0 Å². The summed E-state index contributed by atoms with van der Waals surface area (Å²) in [5.41, 5.74) is 3.52. The van der Waals surface area contributed by atoms with E-state index >= 15 is 0 Å². The summed E-state index contributed by atoms with van der Waals surface area (Å²) in [6.45, 7) is 7.28. The molecule has 8 nitrogen and oxygen atoms in total. The number of aliphatic hydroxyl groups is 1. The fourth-order valence-electron chi connectivity index (χ4n) is 2.91. The lowest BCUT2D eigenvalue weighted by Gasteiger charge is -2.08. The van der Waals surface area contributed by atoms with Crippen molar-refractivity contribution in [1.29, 1.82) is 0 Å². The van der Waals surface area contributed by atoms with Gasteiger partial charge in [0.05, 0.1) is 15.9 Å². The number of nitrogens with one attached hydrogen (secondary N) is 2. The van der Waals surface area contributed by atoms with Crippen LogP contribution in [0.3, 0.4) is 0 Å². The van der Waals surface area contributed by atoms with Crippen molar-refractivity contribution >= 4 is 32.6 Å². The highest BCUT2D eigenvalue weighted by Gasteiger charge is 2.15. The zero-order valence-electron chi connectivity index (χ0n) is 18.3. The van der Waals surface area contributed by atoms with Gasteiger partial charge >= 0.3 is 0 Å². The van der Waals surface area contributed by atoms with Gasteiger partial charge in [-0.1, -0.05) is 31.6 Å². The van der Waals surface area contributed by atoms with E-state index in [0.29, 0.717) is 22.2 Å². The van der Waals surface area contributed by atoms with Crippen LogP contribution in [-0.2, 0) is 4.79 Å². The summed E-state index contributed by atoms with van der Waals surface area (Å²) < 4.78 is 0.834. The van der Waals surface area contributed by atoms with E-state index in [1.165, 1.54) is 36.8 Å². The van der Waals surface area contributed by atoms with Crippen LogP contribution >= 0.6 is 11.3 Å². The zero-order chi connectivity index (χ0) is 23.3. The van der Waals surface area contributed by atoms with E-state index in [4.69, 9.17) is 0 Å². The van der Waals surface area contributed by atoms with Crippen molar-refractivity contribution in [2.75, 3.05) is 5.32 Å². The van der Waals surface area contributed by atoms with Crippen molar-refractivity contribution in [1.82, 2.24) is 19.9 Å². The number of carbonyl (C=O) groups excluding carboxylic acids is 1. The lowest BCUT2D eigenvalue weighted by Crippen LogP contribution is -2.04. The molecule has 0 aliphatic carbocycles. The number of aromatic amines is 1. The average molecular weight is 452 g/mol. The molecular formula is C23H25N5O3S. The minimum Gasteiger partial charge on any atom is -0.385 e. The molecular weight excluding hydrogens is 426 g/mol. The molecule has 0 saturated carbocycles. The number of hydrogen-bond acceptors (Lipinski definition) is 7. The molecule has 0 saturated heterocycles. The van der Waals surface area contributed by atoms with Crippen LogP contribution in [0.25, 0.3) is 32.6 Å². The van der Waals surface area contributed by atoms with Crippen LogP contribution in [0.5, 0.6) is 0 Å². The molecule has 0 fully saturated rings. The van der Waals surface area contributed by atoms with E-state index < -0.39 is 6.10 Å². The van der Waals surface area contributed by atoms with Crippen molar-refractivity contribution in [3.05, 3.63) is 58.9 Å². The highest BCUT2D eigenvalue weighted by molar-refractivity contribution is 7.22. The van der Waals surface area contributed by atoms with E-state index in [9.17, 15) is 14.7 Å². The summed E-state index contributed by atoms with van der Waals surface area (Å²) in [5, 5.41) is 12.8.